The van der Waals surface area contributed by atoms with Crippen LogP contribution < -0.4 is 21.3 Å². The van der Waals surface area contributed by atoms with E-state index >= 15 is 0 Å². The zero-order valence-corrected chi connectivity index (χ0v) is 32.0. The minimum Gasteiger partial charge on any atom is -0.347 e. The first-order valence-corrected chi connectivity index (χ1v) is 21.6. The van der Waals surface area contributed by atoms with Crippen LogP contribution in [-0.2, 0) is 29.0 Å². The number of Topliss-reactive ketones (excluding diaryl/α,β-unsaturated/α-hetero) is 1. The van der Waals surface area contributed by atoms with Gasteiger partial charge >= 0.3 is 6.03 Å². The molecular weight excluding hydrogens is 671 g/mol. The van der Waals surface area contributed by atoms with E-state index in [1.165, 1.54) is 0 Å². The van der Waals surface area contributed by atoms with E-state index in [1.54, 1.807) is 4.90 Å². The summed E-state index contributed by atoms with van der Waals surface area (Å²) in [6, 6.07) is -3.26. The molecule has 5 amide bonds. The van der Waals surface area contributed by atoms with Crippen LogP contribution in [0, 0.1) is 22.7 Å². The van der Waals surface area contributed by atoms with Gasteiger partial charge in [-0.3, -0.25) is 19.2 Å². The summed E-state index contributed by atoms with van der Waals surface area (Å²) in [5, 5.41) is 11.3. The van der Waals surface area contributed by atoms with Gasteiger partial charge in [-0.2, -0.15) is 0 Å². The van der Waals surface area contributed by atoms with Crippen molar-refractivity contribution in [3.8, 4) is 0 Å². The van der Waals surface area contributed by atoms with Crippen molar-refractivity contribution in [3.05, 3.63) is 0 Å². The van der Waals surface area contributed by atoms with Gasteiger partial charge in [0.15, 0.2) is 9.84 Å². The zero-order chi connectivity index (χ0) is 36.8. The molecule has 0 aromatic heterocycles. The molecule has 0 aromatic rings. The van der Waals surface area contributed by atoms with Crippen LogP contribution in [0.1, 0.15) is 137 Å². The van der Waals surface area contributed by atoms with Crippen molar-refractivity contribution in [2.24, 2.45) is 22.7 Å². The highest BCUT2D eigenvalue weighted by molar-refractivity contribution is 7.92. The van der Waals surface area contributed by atoms with Crippen LogP contribution in [0.5, 0.6) is 0 Å². The van der Waals surface area contributed by atoms with Gasteiger partial charge in [-0.25, -0.2) is 13.2 Å². The van der Waals surface area contributed by atoms with Crippen LogP contribution >= 0.6 is 0 Å². The molecule has 13 heteroatoms. The summed E-state index contributed by atoms with van der Waals surface area (Å²) in [6.07, 6.45) is 12.7. The van der Waals surface area contributed by atoms with Gasteiger partial charge < -0.3 is 26.2 Å². The average Bonchev–Trinajstić information content (AvgIpc) is 3.94. The maximum absolute atomic E-state index is 14.9. The van der Waals surface area contributed by atoms with Crippen molar-refractivity contribution >= 4 is 39.4 Å². The average molecular weight is 732 g/mol. The van der Waals surface area contributed by atoms with Gasteiger partial charge in [0.25, 0.3) is 5.91 Å². The Morgan fingerprint density at radius 1 is 0.824 bits per heavy atom. The summed E-state index contributed by atoms with van der Waals surface area (Å²) < 4.78 is 26.8. The molecule has 1 unspecified atom stereocenters. The molecule has 2 saturated heterocycles. The monoisotopic (exact) mass is 731 g/mol. The molecular formula is C38H61N5O7S. The van der Waals surface area contributed by atoms with Crippen molar-refractivity contribution < 1.29 is 32.4 Å². The Morgan fingerprint density at radius 2 is 1.47 bits per heavy atom. The Labute approximate surface area is 304 Å². The second-order valence-electron chi connectivity index (χ2n) is 17.7. The van der Waals surface area contributed by atoms with Gasteiger partial charge in [-0.05, 0) is 80.5 Å². The predicted molar refractivity (Wildman–Crippen MR) is 193 cm³/mol. The molecule has 2 aliphatic heterocycles. The third-order valence-electron chi connectivity index (χ3n) is 13.6. The lowest BCUT2D eigenvalue weighted by Gasteiger charge is -2.46. The number of urea groups is 1. The van der Waals surface area contributed by atoms with E-state index < -0.39 is 67.8 Å². The normalized spacial score (nSPS) is 31.3. The van der Waals surface area contributed by atoms with E-state index in [0.29, 0.717) is 45.1 Å². The number of likely N-dealkylation sites (tertiary alicyclic amines) is 1. The molecule has 0 spiro atoms. The fraction of sp³-hybridized carbons (Fsp3) is 0.868. The first-order valence-electron chi connectivity index (χ1n) is 19.9. The van der Waals surface area contributed by atoms with Gasteiger partial charge in [0, 0.05) is 12.6 Å². The summed E-state index contributed by atoms with van der Waals surface area (Å²) >= 11 is 0. The molecule has 12 nitrogen and oxygen atoms in total. The van der Waals surface area contributed by atoms with E-state index in [-0.39, 0.29) is 35.0 Å². The standard InChI is InChI=1S/C38H61N5O7S/c1-5-14-26(30(44)33(46)39-24-16-17-24)40-32(45)29-28-25(36(28,2)3)23-43(29)34(47)31(37(4)18-9-6-10-19-37)41-35(48)42-38(20-11-7-12-21-38)27-15-8-13-22-51(27,49)50/h24-29,31H,5-23H2,1-4H3,(H,39,46)(H,40,45)(H2,41,42,48)/t25-,26?,27+,28-,29-,31+/m0/s1. The number of rotatable bonds is 12. The molecule has 6 aliphatic rings. The molecule has 0 bridgehead atoms. The Bertz CT molecular complexity index is 1480. The minimum absolute atomic E-state index is 0.0123. The molecule has 0 aromatic carbocycles. The van der Waals surface area contributed by atoms with Crippen molar-refractivity contribution in [1.29, 1.82) is 0 Å². The lowest BCUT2D eigenvalue weighted by Crippen LogP contribution is -2.66. The maximum Gasteiger partial charge on any atom is 0.315 e. The highest BCUT2D eigenvalue weighted by atomic mass is 32.2. The molecule has 6 rings (SSSR count). The smallest absolute Gasteiger partial charge is 0.315 e. The Morgan fingerprint density at radius 3 is 2.08 bits per heavy atom. The minimum atomic E-state index is -3.39. The number of nitrogens with zero attached hydrogens (tertiary/aromatic N) is 1. The van der Waals surface area contributed by atoms with Crippen LogP contribution in [0.25, 0.3) is 0 Å². The maximum atomic E-state index is 14.9. The van der Waals surface area contributed by atoms with Crippen molar-refractivity contribution in [3.63, 3.8) is 0 Å². The van der Waals surface area contributed by atoms with E-state index in [4.69, 9.17) is 0 Å². The van der Waals surface area contributed by atoms with Crippen molar-refractivity contribution in [1.82, 2.24) is 26.2 Å². The number of fused-ring (bicyclic) bond motifs is 1. The number of carbonyl (C=O) groups excluding carboxylic acids is 5. The van der Waals surface area contributed by atoms with Gasteiger partial charge in [-0.15, -0.1) is 0 Å². The zero-order valence-electron chi connectivity index (χ0n) is 31.2. The van der Waals surface area contributed by atoms with Gasteiger partial charge in [0.2, 0.25) is 17.6 Å². The summed E-state index contributed by atoms with van der Waals surface area (Å²) in [6.45, 7) is 8.49. The Kier molecular flexibility index (Phi) is 10.9. The van der Waals surface area contributed by atoms with Crippen LogP contribution in [0.4, 0.5) is 4.79 Å². The first kappa shape index (κ1) is 38.0. The number of ketones is 1. The van der Waals surface area contributed by atoms with Crippen LogP contribution in [-0.4, -0.2) is 90.1 Å². The summed E-state index contributed by atoms with van der Waals surface area (Å²) in [7, 11) is -3.39. The highest BCUT2D eigenvalue weighted by Crippen LogP contribution is 2.65. The number of hydrogen-bond acceptors (Lipinski definition) is 7. The number of sulfone groups is 1. The van der Waals surface area contributed by atoms with E-state index in [2.05, 4.69) is 35.1 Å². The molecule has 0 radical (unpaired) electrons. The number of carbonyl (C=O) groups is 5. The van der Waals surface area contributed by atoms with Crippen LogP contribution in [0.15, 0.2) is 0 Å². The molecule has 51 heavy (non-hydrogen) atoms. The molecule has 6 fully saturated rings. The van der Waals surface area contributed by atoms with Crippen molar-refractivity contribution in [2.75, 3.05) is 12.3 Å². The molecule has 4 N–H and O–H groups in total. The van der Waals surface area contributed by atoms with Crippen LogP contribution in [0.3, 0.4) is 0 Å². The second kappa shape index (κ2) is 14.6. The highest BCUT2D eigenvalue weighted by Gasteiger charge is 2.70. The second-order valence-corrected chi connectivity index (χ2v) is 20.0. The SMILES string of the molecule is CCCC(NC(=O)[C@@H]1[C@@H]2[C@H](CN1C(=O)[C@@H](NC(=O)NC1([C@H]3CCCCS3(=O)=O)CCCCC1)C1(C)CCCCC1)C2(C)C)C(=O)C(=O)NC1CC1. The lowest BCUT2D eigenvalue weighted by molar-refractivity contribution is -0.146. The van der Waals surface area contributed by atoms with Gasteiger partial charge in [0.1, 0.15) is 12.1 Å². The third-order valence-corrected chi connectivity index (χ3v) is 16.0. The van der Waals surface area contributed by atoms with Crippen molar-refractivity contribution in [2.45, 2.75) is 172 Å². The molecule has 6 atom stereocenters. The topological polar surface area (TPSA) is 171 Å². The Hall–Kier alpha value is -2.70. The molecule has 286 valence electrons. The fourth-order valence-corrected chi connectivity index (χ4v) is 12.7. The fourth-order valence-electron chi connectivity index (χ4n) is 10.3. The van der Waals surface area contributed by atoms with Gasteiger partial charge in [-0.1, -0.05) is 79.1 Å². The molecule has 4 saturated carbocycles. The van der Waals surface area contributed by atoms with Crippen LogP contribution in [0.2, 0.25) is 0 Å². The number of piperidine rings is 1. The summed E-state index contributed by atoms with van der Waals surface area (Å²) in [4.78, 5) is 70.9. The van der Waals surface area contributed by atoms with E-state index in [1.807, 2.05) is 13.8 Å². The number of hydrogen-bond donors (Lipinski definition) is 4. The summed E-state index contributed by atoms with van der Waals surface area (Å²) in [5.74, 6) is -1.99. The Balaban J connectivity index is 1.24. The number of nitrogens with one attached hydrogen (secondary N) is 4. The van der Waals surface area contributed by atoms with E-state index in [9.17, 15) is 32.4 Å². The lowest BCUT2D eigenvalue weighted by atomic mass is 9.70. The number of amides is 5. The first-order chi connectivity index (χ1) is 24.1. The quantitative estimate of drug-likeness (QED) is 0.221. The third kappa shape index (κ3) is 7.70. The molecule has 4 aliphatic carbocycles. The summed E-state index contributed by atoms with van der Waals surface area (Å²) in [5.41, 5.74) is -1.62. The molecule has 2 heterocycles. The largest absolute Gasteiger partial charge is 0.347 e. The van der Waals surface area contributed by atoms with Gasteiger partial charge in [0.05, 0.1) is 22.6 Å². The predicted octanol–water partition coefficient (Wildman–Crippen LogP) is 3.91. The van der Waals surface area contributed by atoms with E-state index in [0.717, 1.165) is 70.6 Å².